The number of carbonyl (C=O) groups excluding carboxylic acids is 1. The second-order valence-electron chi connectivity index (χ2n) is 10.1. The molecule has 0 aliphatic heterocycles. The van der Waals surface area contributed by atoms with Crippen molar-refractivity contribution in [1.29, 1.82) is 0 Å². The van der Waals surface area contributed by atoms with Gasteiger partial charge in [0.15, 0.2) is 11.4 Å². The highest BCUT2D eigenvalue weighted by molar-refractivity contribution is 7.80. The van der Waals surface area contributed by atoms with Crippen LogP contribution in [0.4, 0.5) is 13.2 Å². The molecule has 0 amide bonds. The normalized spacial score (nSPS) is 28.4. The fourth-order valence-electron chi connectivity index (χ4n) is 5.48. The van der Waals surface area contributed by atoms with Crippen molar-refractivity contribution in [2.75, 3.05) is 27.3 Å². The van der Waals surface area contributed by atoms with Crippen molar-refractivity contribution in [3.05, 3.63) is 29.3 Å². The van der Waals surface area contributed by atoms with Crippen LogP contribution in [0.25, 0.3) is 0 Å². The average molecular weight is 499 g/mol. The van der Waals surface area contributed by atoms with E-state index in [4.69, 9.17) is 21.7 Å². The van der Waals surface area contributed by atoms with E-state index in [0.717, 1.165) is 43.1 Å². The first-order valence-electron chi connectivity index (χ1n) is 12.0. The van der Waals surface area contributed by atoms with Gasteiger partial charge in [0.25, 0.3) is 0 Å². The lowest BCUT2D eigenvalue weighted by atomic mass is 9.62. The van der Waals surface area contributed by atoms with E-state index >= 15 is 0 Å². The van der Waals surface area contributed by atoms with Gasteiger partial charge in [-0.3, -0.25) is 0 Å². The van der Waals surface area contributed by atoms with Crippen LogP contribution in [0.1, 0.15) is 56.1 Å². The Morgan fingerprint density at radius 2 is 1.97 bits per heavy atom. The highest BCUT2D eigenvalue weighted by atomic mass is 32.1. The molecular weight excluding hydrogens is 465 g/mol. The quantitative estimate of drug-likeness (QED) is 0.412. The van der Waals surface area contributed by atoms with Crippen LogP contribution in [-0.2, 0) is 21.5 Å². The van der Waals surface area contributed by atoms with Crippen LogP contribution in [0.15, 0.2) is 18.2 Å². The van der Waals surface area contributed by atoms with Gasteiger partial charge in [-0.1, -0.05) is 6.07 Å². The largest absolute Gasteiger partial charge is 0.493 e. The number of nitrogens with zero attached hydrogens (tertiary/aromatic N) is 1. The minimum absolute atomic E-state index is 0.137. The molecular formula is C25H33F3N2O3S. The van der Waals surface area contributed by atoms with Crippen LogP contribution in [0.5, 0.6) is 5.75 Å². The number of hydrogen-bond donors (Lipinski definition) is 1. The van der Waals surface area contributed by atoms with Gasteiger partial charge < -0.3 is 24.5 Å². The van der Waals surface area contributed by atoms with Gasteiger partial charge in [0.2, 0.25) is 0 Å². The molecule has 1 unspecified atom stereocenters. The average Bonchev–Trinajstić information content (AvgIpc) is 3.61. The molecule has 0 aromatic heterocycles. The number of benzene rings is 1. The van der Waals surface area contributed by atoms with Gasteiger partial charge in [0.1, 0.15) is 11.3 Å². The number of methoxy groups -OCH3 is 1. The first-order chi connectivity index (χ1) is 16.1. The van der Waals surface area contributed by atoms with Gasteiger partial charge in [-0.15, -0.1) is 0 Å². The number of aldehydes is 1. The second-order valence-corrected chi connectivity index (χ2v) is 10.5. The van der Waals surface area contributed by atoms with E-state index in [9.17, 15) is 18.0 Å². The van der Waals surface area contributed by atoms with Crippen molar-refractivity contribution in [1.82, 2.24) is 10.2 Å². The molecule has 0 saturated heterocycles. The van der Waals surface area contributed by atoms with E-state index in [2.05, 4.69) is 5.32 Å². The van der Waals surface area contributed by atoms with E-state index in [0.29, 0.717) is 24.7 Å². The summed E-state index contributed by atoms with van der Waals surface area (Å²) in [7, 11) is 3.23. The Labute approximate surface area is 204 Å². The van der Waals surface area contributed by atoms with Gasteiger partial charge in [0.05, 0.1) is 19.1 Å². The zero-order valence-corrected chi connectivity index (χ0v) is 20.6. The lowest BCUT2D eigenvalue weighted by molar-refractivity contribution is -0.135. The molecule has 34 heavy (non-hydrogen) atoms. The summed E-state index contributed by atoms with van der Waals surface area (Å²) < 4.78 is 49.9. The van der Waals surface area contributed by atoms with Crippen LogP contribution in [-0.4, -0.2) is 55.9 Å². The molecule has 1 atom stereocenters. The maximum absolute atomic E-state index is 13.0. The van der Waals surface area contributed by atoms with Crippen LogP contribution in [0.2, 0.25) is 0 Å². The fraction of sp³-hybridized carbons (Fsp3) is 0.680. The Balaban J connectivity index is 1.64. The van der Waals surface area contributed by atoms with Gasteiger partial charge in [0, 0.05) is 26.1 Å². The smallest absolute Gasteiger partial charge is 0.390 e. The first kappa shape index (κ1) is 25.2. The number of nitrogens with one attached hydrogen (secondary N) is 1. The summed E-state index contributed by atoms with van der Waals surface area (Å²) in [6.45, 7) is 0.375. The van der Waals surface area contributed by atoms with Gasteiger partial charge >= 0.3 is 6.18 Å². The Kier molecular flexibility index (Phi) is 7.16. The van der Waals surface area contributed by atoms with Gasteiger partial charge in [-0.25, -0.2) is 0 Å². The number of carbonyl (C=O) groups is 1. The predicted molar refractivity (Wildman–Crippen MR) is 127 cm³/mol. The highest BCUT2D eigenvalue weighted by Crippen LogP contribution is 2.57. The Morgan fingerprint density at radius 3 is 2.56 bits per heavy atom. The second kappa shape index (κ2) is 9.64. The topological polar surface area (TPSA) is 50.8 Å². The summed E-state index contributed by atoms with van der Waals surface area (Å²) >= 11 is 5.53. The van der Waals surface area contributed by atoms with E-state index in [1.54, 1.807) is 7.11 Å². The first-order valence-corrected chi connectivity index (χ1v) is 12.4. The van der Waals surface area contributed by atoms with Crippen LogP contribution in [0, 0.1) is 11.3 Å². The van der Waals surface area contributed by atoms with Crippen molar-refractivity contribution >= 4 is 23.6 Å². The molecule has 4 rings (SSSR count). The number of halogens is 3. The van der Waals surface area contributed by atoms with Gasteiger partial charge in [-0.2, -0.15) is 13.2 Å². The van der Waals surface area contributed by atoms with Crippen molar-refractivity contribution in [2.45, 2.75) is 69.2 Å². The molecule has 2 fully saturated rings. The lowest BCUT2D eigenvalue weighted by Crippen LogP contribution is -2.60. The Hall–Kier alpha value is -1.87. The van der Waals surface area contributed by atoms with Crippen LogP contribution >= 0.6 is 12.2 Å². The molecule has 2 saturated carbocycles. The molecule has 1 N–H and O–H groups in total. The molecule has 9 heteroatoms. The number of thiocarbonyl (C=S) groups is 1. The zero-order chi connectivity index (χ0) is 24.6. The summed E-state index contributed by atoms with van der Waals surface area (Å²) in [5.41, 5.74) is 0.299. The summed E-state index contributed by atoms with van der Waals surface area (Å²) in [5, 5.41) is 3.40. The molecule has 3 aliphatic carbocycles. The minimum Gasteiger partial charge on any atom is -0.493 e. The minimum atomic E-state index is -4.28. The highest BCUT2D eigenvalue weighted by Gasteiger charge is 2.59. The maximum Gasteiger partial charge on any atom is 0.390 e. The number of rotatable bonds is 8. The molecule has 188 valence electrons. The van der Waals surface area contributed by atoms with Crippen molar-refractivity contribution in [2.24, 2.45) is 11.3 Å². The summed E-state index contributed by atoms with van der Waals surface area (Å²) in [4.78, 5) is 14.4. The third-order valence-electron chi connectivity index (χ3n) is 7.84. The Morgan fingerprint density at radius 1 is 1.26 bits per heavy atom. The van der Waals surface area contributed by atoms with Crippen LogP contribution < -0.4 is 10.1 Å². The number of fused-ring (bicyclic) bond motifs is 1. The third kappa shape index (κ3) is 5.05. The molecule has 0 heterocycles. The monoisotopic (exact) mass is 498 g/mol. The zero-order valence-electron chi connectivity index (χ0n) is 19.7. The summed E-state index contributed by atoms with van der Waals surface area (Å²) in [6, 6.07) is 5.89. The van der Waals surface area contributed by atoms with E-state index in [-0.39, 0.29) is 17.8 Å². The van der Waals surface area contributed by atoms with Crippen molar-refractivity contribution in [3.63, 3.8) is 0 Å². The molecule has 3 aliphatic rings. The molecule has 0 radical (unpaired) electrons. The number of hydrogen-bond acceptors (Lipinski definition) is 4. The third-order valence-corrected chi connectivity index (χ3v) is 8.25. The molecule has 0 bridgehead atoms. The maximum atomic E-state index is 13.0. The van der Waals surface area contributed by atoms with E-state index in [1.165, 1.54) is 24.8 Å². The van der Waals surface area contributed by atoms with Gasteiger partial charge in [-0.05, 0) is 86.3 Å². The molecule has 1 aromatic carbocycles. The molecule has 5 nitrogen and oxygen atoms in total. The SMILES string of the molecule is COC1CCC2(CC1)Cc1ccc(OCC3CC3)cc1C2(C=O)NC(=S)N(C)CCC(F)(F)F. The number of alkyl halides is 3. The lowest BCUT2D eigenvalue weighted by Gasteiger charge is -2.48. The standard InChI is InChI=1S/C25H33F3N2O3S/c1-30(12-11-25(26,27)28)22(34)29-24(16-31)21-13-20(33-15-17-3-4-17)6-5-18(21)14-23(24)9-7-19(32-2)8-10-23/h5-6,13,16-17,19H,3-4,7-12,14-15H2,1-2H3,(H,29,34). The molecule has 1 aromatic rings. The number of ether oxygens (including phenoxy) is 2. The molecule has 1 spiro atoms. The predicted octanol–water partition coefficient (Wildman–Crippen LogP) is 4.76. The van der Waals surface area contributed by atoms with Crippen LogP contribution in [0.3, 0.4) is 0 Å². The Bertz CT molecular complexity index is 913. The fourth-order valence-corrected chi connectivity index (χ4v) is 5.74. The van der Waals surface area contributed by atoms with Crippen molar-refractivity contribution in [3.8, 4) is 5.75 Å². The van der Waals surface area contributed by atoms with E-state index in [1.807, 2.05) is 18.2 Å². The van der Waals surface area contributed by atoms with Crippen molar-refractivity contribution < 1.29 is 27.4 Å². The summed E-state index contributed by atoms with van der Waals surface area (Å²) in [5.74, 6) is 1.30. The summed E-state index contributed by atoms with van der Waals surface area (Å²) in [6.07, 6.45) is 1.96. The van der Waals surface area contributed by atoms with E-state index < -0.39 is 23.6 Å².